The molecule has 236 valence electrons. The summed E-state index contributed by atoms with van der Waals surface area (Å²) in [6, 6.07) is 13.0. The zero-order valence-corrected chi connectivity index (χ0v) is 25.9. The minimum Gasteiger partial charge on any atom is -0.477 e. The molecule has 0 saturated heterocycles. The van der Waals surface area contributed by atoms with E-state index in [0.29, 0.717) is 41.5 Å². The average molecular weight is 605 g/mol. The Morgan fingerprint density at radius 2 is 1.27 bits per heavy atom. The number of methoxy groups -OCH3 is 1. The van der Waals surface area contributed by atoms with Gasteiger partial charge in [0.25, 0.3) is 0 Å². The van der Waals surface area contributed by atoms with Gasteiger partial charge in [0.1, 0.15) is 5.75 Å². The monoisotopic (exact) mass is 604 g/mol. The Hall–Kier alpha value is -4.27. The molecule has 0 radical (unpaired) electrons. The van der Waals surface area contributed by atoms with Gasteiger partial charge in [-0.05, 0) is 49.2 Å². The normalized spacial score (nSPS) is 10.7. The summed E-state index contributed by atoms with van der Waals surface area (Å²) in [5.41, 5.74) is 2.16. The number of unbranched alkanes of at least 4 members (excludes halogenated alkanes) is 9. The summed E-state index contributed by atoms with van der Waals surface area (Å²) >= 11 is 0. The number of benzene rings is 2. The van der Waals surface area contributed by atoms with Gasteiger partial charge in [0.05, 0.1) is 49.5 Å². The van der Waals surface area contributed by atoms with Crippen molar-refractivity contribution in [2.75, 3.05) is 20.3 Å². The number of ether oxygens (including phenoxy) is 4. The fourth-order valence-corrected chi connectivity index (χ4v) is 4.47. The molecule has 0 unspecified atom stereocenters. The molecule has 0 fully saturated rings. The van der Waals surface area contributed by atoms with Gasteiger partial charge in [0, 0.05) is 12.0 Å². The van der Waals surface area contributed by atoms with Gasteiger partial charge in [-0.3, -0.25) is 4.79 Å². The van der Waals surface area contributed by atoms with E-state index in [0.717, 1.165) is 18.4 Å². The highest BCUT2D eigenvalue weighted by Gasteiger charge is 2.12. The lowest BCUT2D eigenvalue weighted by atomic mass is 10.1. The third-order valence-corrected chi connectivity index (χ3v) is 7.08. The lowest BCUT2D eigenvalue weighted by molar-refractivity contribution is -0.140. The molecule has 0 atom stereocenters. The van der Waals surface area contributed by atoms with Crippen LogP contribution >= 0.6 is 0 Å². The third-order valence-electron chi connectivity index (χ3n) is 7.08. The second-order valence-electron chi connectivity index (χ2n) is 10.6. The van der Waals surface area contributed by atoms with E-state index in [4.69, 9.17) is 14.2 Å². The quantitative estimate of drug-likeness (QED) is 0.0724. The molecule has 0 saturated carbocycles. The number of esters is 3. The van der Waals surface area contributed by atoms with Crippen LogP contribution in [0.4, 0.5) is 0 Å². The summed E-state index contributed by atoms with van der Waals surface area (Å²) < 4.78 is 20.9. The molecule has 0 aliphatic rings. The molecule has 0 bridgehead atoms. The zero-order chi connectivity index (χ0) is 31.4. The Labute approximate surface area is 260 Å². The smallest absolute Gasteiger partial charge is 0.343 e. The first kappa shape index (κ1) is 34.2. The molecule has 0 aliphatic heterocycles. The van der Waals surface area contributed by atoms with Gasteiger partial charge < -0.3 is 18.9 Å². The first-order valence-corrected chi connectivity index (χ1v) is 15.6. The molecule has 44 heavy (non-hydrogen) atoms. The van der Waals surface area contributed by atoms with Crippen LogP contribution in [0, 0.1) is 0 Å². The predicted octanol–water partition coefficient (Wildman–Crippen LogP) is 7.77. The van der Waals surface area contributed by atoms with Crippen LogP contribution in [0.2, 0.25) is 0 Å². The van der Waals surface area contributed by atoms with E-state index in [1.54, 1.807) is 36.7 Å². The van der Waals surface area contributed by atoms with E-state index in [1.807, 2.05) is 0 Å². The minimum absolute atomic E-state index is 0.101. The maximum Gasteiger partial charge on any atom is 0.343 e. The number of aromatic nitrogens is 2. The molecule has 9 heteroatoms. The van der Waals surface area contributed by atoms with E-state index >= 15 is 0 Å². The number of rotatable bonds is 20. The Morgan fingerprint density at radius 1 is 0.659 bits per heavy atom. The van der Waals surface area contributed by atoms with Crippen molar-refractivity contribution in [3.05, 3.63) is 72.1 Å². The third kappa shape index (κ3) is 12.5. The van der Waals surface area contributed by atoms with E-state index in [-0.39, 0.29) is 19.0 Å². The molecule has 2 aromatic carbocycles. The first-order chi connectivity index (χ1) is 21.5. The highest BCUT2D eigenvalue weighted by Crippen LogP contribution is 2.20. The van der Waals surface area contributed by atoms with Crippen molar-refractivity contribution >= 4 is 17.9 Å². The number of carbonyl (C=O) groups excluding carboxylic acids is 3. The van der Waals surface area contributed by atoms with Gasteiger partial charge in [-0.15, -0.1) is 0 Å². The standard InChI is InChI=1S/C35H44N2O7/c1-3-4-5-6-7-8-9-10-11-12-23-42-32-26-36-31(25-37-32)27-15-17-29(18-16-27)35(40)44-30-21-19-28(20-22-30)34(39)43-24-13-14-33(38)41-2/h15-22,25-26H,3-14,23-24H2,1-2H3. The number of hydrogen-bond acceptors (Lipinski definition) is 9. The van der Waals surface area contributed by atoms with Crippen LogP contribution in [0.5, 0.6) is 11.6 Å². The first-order valence-electron chi connectivity index (χ1n) is 15.6. The van der Waals surface area contributed by atoms with E-state index in [1.165, 1.54) is 82.7 Å². The van der Waals surface area contributed by atoms with Gasteiger partial charge in [-0.1, -0.05) is 76.8 Å². The molecular weight excluding hydrogens is 560 g/mol. The van der Waals surface area contributed by atoms with Crippen molar-refractivity contribution in [3.8, 4) is 22.9 Å². The van der Waals surface area contributed by atoms with Crippen LogP contribution < -0.4 is 9.47 Å². The molecule has 0 aliphatic carbocycles. The van der Waals surface area contributed by atoms with E-state index in [9.17, 15) is 14.4 Å². The molecule has 1 aromatic heterocycles. The fraction of sp³-hybridized carbons (Fsp3) is 0.457. The molecule has 0 amide bonds. The number of carbonyl (C=O) groups is 3. The highest BCUT2D eigenvalue weighted by molar-refractivity contribution is 5.92. The van der Waals surface area contributed by atoms with Gasteiger partial charge in [0.2, 0.25) is 5.88 Å². The Bertz CT molecular complexity index is 1280. The summed E-state index contributed by atoms with van der Waals surface area (Å²) in [6.07, 6.45) is 16.6. The van der Waals surface area contributed by atoms with Gasteiger partial charge in [0.15, 0.2) is 0 Å². The maximum absolute atomic E-state index is 12.6. The average Bonchev–Trinajstić information content (AvgIpc) is 3.06. The van der Waals surface area contributed by atoms with Crippen LogP contribution in [0.15, 0.2) is 60.9 Å². The molecular formula is C35H44N2O7. The molecule has 9 nitrogen and oxygen atoms in total. The van der Waals surface area contributed by atoms with Crippen LogP contribution in [0.3, 0.4) is 0 Å². The van der Waals surface area contributed by atoms with Gasteiger partial charge in [-0.25, -0.2) is 19.6 Å². The van der Waals surface area contributed by atoms with E-state index in [2.05, 4.69) is 21.6 Å². The minimum atomic E-state index is -0.531. The van der Waals surface area contributed by atoms with Crippen molar-refractivity contribution in [2.24, 2.45) is 0 Å². The zero-order valence-electron chi connectivity index (χ0n) is 25.9. The van der Waals surface area contributed by atoms with Crippen molar-refractivity contribution in [3.63, 3.8) is 0 Å². The predicted molar refractivity (Wildman–Crippen MR) is 168 cm³/mol. The summed E-state index contributed by atoms with van der Waals surface area (Å²) in [7, 11) is 1.31. The molecule has 3 aromatic rings. The fourth-order valence-electron chi connectivity index (χ4n) is 4.47. The van der Waals surface area contributed by atoms with Crippen LogP contribution in [-0.4, -0.2) is 48.2 Å². The number of nitrogens with zero attached hydrogens (tertiary/aromatic N) is 2. The molecule has 0 spiro atoms. The Morgan fingerprint density at radius 3 is 1.89 bits per heavy atom. The number of hydrogen-bond donors (Lipinski definition) is 0. The second-order valence-corrected chi connectivity index (χ2v) is 10.6. The summed E-state index contributed by atoms with van der Waals surface area (Å²) in [5.74, 6) is -0.621. The van der Waals surface area contributed by atoms with E-state index < -0.39 is 11.9 Å². The molecule has 1 heterocycles. The summed E-state index contributed by atoms with van der Waals surface area (Å²) in [6.45, 7) is 2.98. The SMILES string of the molecule is CCCCCCCCCCCCOc1cnc(-c2ccc(C(=O)Oc3ccc(C(=O)OCCCC(=O)OC)cc3)cc2)cn1. The van der Waals surface area contributed by atoms with Crippen LogP contribution in [0.25, 0.3) is 11.3 Å². The molecule has 3 rings (SSSR count). The van der Waals surface area contributed by atoms with Gasteiger partial charge in [-0.2, -0.15) is 0 Å². The lowest BCUT2D eigenvalue weighted by Gasteiger charge is -2.08. The van der Waals surface area contributed by atoms with Gasteiger partial charge >= 0.3 is 17.9 Å². The van der Waals surface area contributed by atoms with Crippen molar-refractivity contribution in [1.29, 1.82) is 0 Å². The Kier molecular flexibility index (Phi) is 15.4. The highest BCUT2D eigenvalue weighted by atomic mass is 16.5. The lowest BCUT2D eigenvalue weighted by Crippen LogP contribution is -2.10. The van der Waals surface area contributed by atoms with Crippen LogP contribution in [-0.2, 0) is 14.3 Å². The summed E-state index contributed by atoms with van der Waals surface area (Å²) in [5, 5.41) is 0. The largest absolute Gasteiger partial charge is 0.477 e. The molecule has 0 N–H and O–H groups in total. The maximum atomic E-state index is 12.6. The summed E-state index contributed by atoms with van der Waals surface area (Å²) in [4.78, 5) is 44.7. The second kappa shape index (κ2) is 19.8. The topological polar surface area (TPSA) is 114 Å². The van der Waals surface area contributed by atoms with Crippen molar-refractivity contribution < 1.29 is 33.3 Å². The Balaban J connectivity index is 1.36. The van der Waals surface area contributed by atoms with Crippen molar-refractivity contribution in [1.82, 2.24) is 9.97 Å². The van der Waals surface area contributed by atoms with Crippen LogP contribution in [0.1, 0.15) is 105 Å². The van der Waals surface area contributed by atoms with Crippen molar-refractivity contribution in [2.45, 2.75) is 84.0 Å².